The Bertz CT molecular complexity index is 2210. The van der Waals surface area contributed by atoms with Crippen molar-refractivity contribution in [3.63, 3.8) is 0 Å². The number of ketones is 1. The third-order valence-corrected chi connectivity index (χ3v) is 13.7. The molecule has 466 valence electrons. The van der Waals surface area contributed by atoms with E-state index in [0.717, 1.165) is 37.3 Å². The number of carboxylic acids is 1. The fourth-order valence-corrected chi connectivity index (χ4v) is 9.35. The Kier molecular flexibility index (Phi) is 44.1. The monoisotopic (exact) mass is 1180 g/mol. The number of rotatable bonds is 47. The molecule has 0 fully saturated rings. The Labute approximate surface area is 487 Å². The van der Waals surface area contributed by atoms with Crippen LogP contribution in [-0.4, -0.2) is 166 Å². The molecule has 82 heavy (non-hydrogen) atoms. The summed E-state index contributed by atoms with van der Waals surface area (Å²) in [7, 11) is -4.97. The zero-order valence-corrected chi connectivity index (χ0v) is 49.1. The van der Waals surface area contributed by atoms with Gasteiger partial charge in [-0.15, -0.1) is 0 Å². The average molecular weight is 1180 g/mol. The molecule has 0 saturated carbocycles. The standard InChI is InChI=1S/C62H99NO18S/c1-5-28-48(30-23-19-15-12-13-17-21-25-35-60(74)75)61(76)45(2)29-22-18-14-10-8-6-7-9-11-16-20-24-34-59(81-82(78,79)80)47(4)62(77)46(3)58(73)44-51(66)32-26-31-49(64)37-52(67)39-54(69)41-56(71)43-57(72)42-55(70)40-53(68)38-50(65)33-27-36-63/h6-22,24-26,29,32,35,46-59,61,64-73,76H,5,23,27-28,30-31,33-34,36-44,63H2,1-4H3,(H,74,75)(H,78,79,80)/b8-6+,9-7+,13-12+,14-10+,16-11+,19-15+,21-17+,22-18+,24-20+,32-26+,35-25+,45-29+/t46-,47-,48-,49-,50-,51-,52+,53-,54+,55+,56+,57-,58-,59-,61+/m0/s1. The molecule has 0 aliphatic rings. The van der Waals surface area contributed by atoms with Crippen LogP contribution in [0.4, 0.5) is 0 Å². The van der Waals surface area contributed by atoms with Gasteiger partial charge in [-0.05, 0) is 115 Å². The first kappa shape index (κ1) is 77.4. The molecule has 0 radical (unpaired) electrons. The van der Waals surface area contributed by atoms with Crippen molar-refractivity contribution in [3.8, 4) is 0 Å². The van der Waals surface area contributed by atoms with Crippen LogP contribution in [0.2, 0.25) is 0 Å². The van der Waals surface area contributed by atoms with Crippen molar-refractivity contribution < 1.29 is 88.0 Å². The van der Waals surface area contributed by atoms with Crippen molar-refractivity contribution in [1.29, 1.82) is 0 Å². The lowest BCUT2D eigenvalue weighted by Crippen LogP contribution is -2.38. The molecule has 0 rings (SSSR count). The summed E-state index contributed by atoms with van der Waals surface area (Å²) in [5, 5.41) is 123. The largest absolute Gasteiger partial charge is 0.478 e. The second kappa shape index (κ2) is 46.7. The van der Waals surface area contributed by atoms with E-state index in [2.05, 4.69) is 6.92 Å². The van der Waals surface area contributed by atoms with Crippen molar-refractivity contribution in [2.75, 3.05) is 6.54 Å². The molecule has 0 heterocycles. The van der Waals surface area contributed by atoms with Gasteiger partial charge in [0.2, 0.25) is 0 Å². The normalized spacial score (nSPS) is 19.2. The second-order valence-electron chi connectivity index (χ2n) is 20.9. The highest BCUT2D eigenvalue weighted by Crippen LogP contribution is 2.25. The molecule has 15 atom stereocenters. The van der Waals surface area contributed by atoms with E-state index in [0.29, 0.717) is 19.4 Å². The topological polar surface area (TPSA) is 367 Å². The van der Waals surface area contributed by atoms with Gasteiger partial charge in [-0.2, -0.15) is 8.42 Å². The van der Waals surface area contributed by atoms with Crippen LogP contribution in [0.1, 0.15) is 130 Å². The van der Waals surface area contributed by atoms with Gasteiger partial charge in [-0.25, -0.2) is 8.98 Å². The van der Waals surface area contributed by atoms with Crippen molar-refractivity contribution in [1.82, 2.24) is 0 Å². The van der Waals surface area contributed by atoms with Gasteiger partial charge in [0, 0.05) is 24.3 Å². The number of hydrogen-bond donors (Lipinski definition) is 14. The lowest BCUT2D eigenvalue weighted by molar-refractivity contribution is -0.133. The van der Waals surface area contributed by atoms with Crippen LogP contribution in [0.3, 0.4) is 0 Å². The molecule has 0 unspecified atom stereocenters. The number of aliphatic carboxylic acids is 1. The smallest absolute Gasteiger partial charge is 0.397 e. The average Bonchev–Trinajstić information content (AvgIpc) is 3.38. The van der Waals surface area contributed by atoms with Crippen LogP contribution in [0.5, 0.6) is 0 Å². The van der Waals surface area contributed by atoms with Gasteiger partial charge in [0.15, 0.2) is 0 Å². The quantitative estimate of drug-likeness (QED) is 0.0144. The van der Waals surface area contributed by atoms with Gasteiger partial charge in [-0.1, -0.05) is 161 Å². The van der Waals surface area contributed by atoms with E-state index in [9.17, 15) is 78.7 Å². The lowest BCUT2D eigenvalue weighted by Gasteiger charge is -2.26. The Hall–Kier alpha value is -4.59. The summed E-state index contributed by atoms with van der Waals surface area (Å²) < 4.78 is 37.7. The predicted molar refractivity (Wildman–Crippen MR) is 320 cm³/mol. The summed E-state index contributed by atoms with van der Waals surface area (Å²) in [5.74, 6) is -3.67. The first-order valence-corrected chi connectivity index (χ1v) is 29.8. The van der Waals surface area contributed by atoms with Crippen LogP contribution < -0.4 is 5.73 Å². The number of carbonyl (C=O) groups excluding carboxylic acids is 1. The first-order valence-electron chi connectivity index (χ1n) is 28.4. The summed E-state index contributed by atoms with van der Waals surface area (Å²) in [5.41, 5.74) is 6.29. The lowest BCUT2D eigenvalue weighted by atomic mass is 9.85. The summed E-state index contributed by atoms with van der Waals surface area (Å²) >= 11 is 0. The number of carboxylic acid groups (broad SMARTS) is 1. The molecule has 0 aliphatic carbocycles. The zero-order chi connectivity index (χ0) is 61.9. The molecule has 0 spiro atoms. The van der Waals surface area contributed by atoms with Crippen LogP contribution in [0, 0.1) is 17.8 Å². The molecule has 20 heteroatoms. The molecule has 0 aromatic rings. The van der Waals surface area contributed by atoms with E-state index in [1.54, 1.807) is 48.6 Å². The number of aliphatic hydroxyl groups excluding tert-OH is 11. The highest BCUT2D eigenvalue weighted by atomic mass is 32.3. The minimum atomic E-state index is -4.97. The minimum absolute atomic E-state index is 0.0277. The molecule has 0 amide bonds. The third kappa shape index (κ3) is 42.3. The number of Topliss-reactive ketones (excluding diaryl/α,β-unsaturated/α-hetero) is 1. The molecular formula is C62H99NO18S. The maximum atomic E-state index is 13.4. The second-order valence-corrected chi connectivity index (χ2v) is 21.9. The van der Waals surface area contributed by atoms with Gasteiger partial charge in [0.25, 0.3) is 0 Å². The fourth-order valence-electron chi connectivity index (χ4n) is 8.79. The molecule has 19 nitrogen and oxygen atoms in total. The predicted octanol–water partition coefficient (Wildman–Crippen LogP) is 5.97. The Morgan fingerprint density at radius 2 is 0.963 bits per heavy atom. The Balaban J connectivity index is 4.98. The van der Waals surface area contributed by atoms with E-state index >= 15 is 0 Å². The number of hydrogen-bond acceptors (Lipinski definition) is 17. The summed E-state index contributed by atoms with van der Waals surface area (Å²) in [6.07, 6.45) is 29.2. The highest BCUT2D eigenvalue weighted by Gasteiger charge is 2.34. The molecule has 0 saturated heterocycles. The van der Waals surface area contributed by atoms with Crippen molar-refractivity contribution >= 4 is 22.2 Å². The number of nitrogens with two attached hydrogens (primary N) is 1. The summed E-state index contributed by atoms with van der Waals surface area (Å²) in [4.78, 5) is 23.9. The summed E-state index contributed by atoms with van der Waals surface area (Å²) in [6.45, 7) is 7.22. The van der Waals surface area contributed by atoms with Crippen molar-refractivity contribution in [2.24, 2.45) is 23.5 Å². The minimum Gasteiger partial charge on any atom is -0.478 e. The van der Waals surface area contributed by atoms with E-state index in [4.69, 9.17) is 15.0 Å². The van der Waals surface area contributed by atoms with E-state index in [-0.39, 0.29) is 70.1 Å². The van der Waals surface area contributed by atoms with Crippen LogP contribution in [0.15, 0.2) is 145 Å². The van der Waals surface area contributed by atoms with Gasteiger partial charge in [0.05, 0.1) is 73.2 Å². The van der Waals surface area contributed by atoms with Crippen molar-refractivity contribution in [3.05, 3.63) is 145 Å². The van der Waals surface area contributed by atoms with Gasteiger partial charge in [0.1, 0.15) is 5.78 Å². The Morgan fingerprint density at radius 1 is 0.524 bits per heavy atom. The molecule has 15 N–H and O–H groups in total. The maximum absolute atomic E-state index is 13.4. The number of allylic oxidation sites excluding steroid dienone is 19. The highest BCUT2D eigenvalue weighted by molar-refractivity contribution is 7.80. The van der Waals surface area contributed by atoms with Gasteiger partial charge >= 0.3 is 16.4 Å². The van der Waals surface area contributed by atoms with Gasteiger partial charge in [-0.3, -0.25) is 9.35 Å². The molecule has 0 aliphatic heterocycles. The van der Waals surface area contributed by atoms with Crippen LogP contribution >= 0.6 is 0 Å². The molecular weight excluding hydrogens is 1080 g/mol. The first-order chi connectivity index (χ1) is 38.8. The van der Waals surface area contributed by atoms with Gasteiger partial charge < -0.3 is 67.0 Å². The molecule has 0 aromatic carbocycles. The van der Waals surface area contributed by atoms with E-state index in [1.165, 1.54) is 32.1 Å². The maximum Gasteiger partial charge on any atom is 0.397 e. The van der Waals surface area contributed by atoms with E-state index in [1.807, 2.05) is 73.8 Å². The number of carbonyl (C=O) groups is 2. The Morgan fingerprint density at radius 3 is 1.43 bits per heavy atom. The van der Waals surface area contributed by atoms with Crippen molar-refractivity contribution in [2.45, 2.75) is 204 Å². The molecule has 0 aromatic heterocycles. The fraction of sp³-hybridized carbons (Fsp3) is 0.581. The summed E-state index contributed by atoms with van der Waals surface area (Å²) in [6, 6.07) is 0. The van der Waals surface area contributed by atoms with Crippen LogP contribution in [0.25, 0.3) is 0 Å². The van der Waals surface area contributed by atoms with E-state index < -0.39 is 107 Å². The van der Waals surface area contributed by atoms with Crippen LogP contribution in [-0.2, 0) is 24.2 Å². The molecule has 0 bridgehead atoms. The number of aliphatic hydroxyl groups is 11. The third-order valence-electron chi connectivity index (χ3n) is 13.3. The zero-order valence-electron chi connectivity index (χ0n) is 48.3. The SMILES string of the molecule is CCC[C@@H](CC/C=C/C=C/C=C/C=C/C(=O)O)[C@H](O)/C(C)=C/C=C/C=C/C=C/C=C/C=C/C=C/C[C@H](OS(=O)(=O)O)[C@H](C)C(=O)[C@@H](C)[C@@H](O)C[C@@H](O)/C=C/C[C@H](O)C[C@@H](O)C[C@@H](O)C[C@@H](O)C[C@@H](O)C[C@H](O)C[C@@H](O)C[C@@H](O)CCCN.